The second kappa shape index (κ2) is 8.21. The maximum atomic E-state index is 11.3. The quantitative estimate of drug-likeness (QED) is 0.759. The Morgan fingerprint density at radius 2 is 1.90 bits per heavy atom. The lowest BCUT2D eigenvalue weighted by molar-refractivity contribution is 0.0700. The molecule has 0 fully saturated rings. The Kier molecular flexibility index (Phi) is 6.95. The molecule has 0 saturated carbocycles. The van der Waals surface area contributed by atoms with Crippen LogP contribution >= 0.6 is 11.3 Å². The van der Waals surface area contributed by atoms with E-state index in [0.29, 0.717) is 4.88 Å². The average Bonchev–Trinajstić information content (AvgIpc) is 2.78. The van der Waals surface area contributed by atoms with Crippen molar-refractivity contribution in [3.05, 3.63) is 10.6 Å². The summed E-state index contributed by atoms with van der Waals surface area (Å²) in [4.78, 5) is 20.6. The minimum absolute atomic E-state index is 0.396. The fraction of sp³-hybridized carbons (Fsp3) is 0.714. The third kappa shape index (κ3) is 4.76. The third-order valence-corrected chi connectivity index (χ3v) is 4.09. The van der Waals surface area contributed by atoms with Crippen LogP contribution in [0, 0.1) is 0 Å². The number of carboxylic acid groups (broad SMARTS) is 1. The van der Waals surface area contributed by atoms with Gasteiger partial charge in [0.15, 0.2) is 5.13 Å². The van der Waals surface area contributed by atoms with E-state index in [4.69, 9.17) is 0 Å². The van der Waals surface area contributed by atoms with Gasteiger partial charge >= 0.3 is 5.97 Å². The van der Waals surface area contributed by atoms with E-state index >= 15 is 0 Å². The summed E-state index contributed by atoms with van der Waals surface area (Å²) in [6.07, 6.45) is 2.67. The Labute approximate surface area is 125 Å². The van der Waals surface area contributed by atoms with Gasteiger partial charge in [0.25, 0.3) is 0 Å². The number of nitrogens with zero attached hydrogens (tertiary/aromatic N) is 3. The van der Waals surface area contributed by atoms with Crippen LogP contribution < -0.4 is 4.90 Å². The lowest BCUT2D eigenvalue weighted by Gasteiger charge is -2.23. The van der Waals surface area contributed by atoms with Gasteiger partial charge in [0.05, 0.1) is 5.69 Å². The molecule has 1 aromatic rings. The molecule has 5 nitrogen and oxygen atoms in total. The largest absolute Gasteiger partial charge is 0.477 e. The van der Waals surface area contributed by atoms with Crippen LogP contribution in [0.1, 0.15) is 42.1 Å². The molecule has 0 bridgehead atoms. The molecule has 20 heavy (non-hydrogen) atoms. The monoisotopic (exact) mass is 299 g/mol. The molecular weight excluding hydrogens is 274 g/mol. The molecule has 6 heteroatoms. The smallest absolute Gasteiger partial charge is 0.347 e. The first kappa shape index (κ1) is 16.9. The van der Waals surface area contributed by atoms with Gasteiger partial charge in [-0.2, -0.15) is 0 Å². The van der Waals surface area contributed by atoms with E-state index in [1.807, 2.05) is 21.0 Å². The predicted molar refractivity (Wildman–Crippen MR) is 84.1 cm³/mol. The highest BCUT2D eigenvalue weighted by molar-refractivity contribution is 7.17. The predicted octanol–water partition coefficient (Wildman–Crippen LogP) is 2.57. The van der Waals surface area contributed by atoms with Gasteiger partial charge in [-0.3, -0.25) is 0 Å². The van der Waals surface area contributed by atoms with E-state index in [9.17, 15) is 9.90 Å². The van der Waals surface area contributed by atoms with Crippen LogP contribution in [-0.2, 0) is 6.42 Å². The summed E-state index contributed by atoms with van der Waals surface area (Å²) < 4.78 is 0. The number of aromatic carboxylic acids is 1. The van der Waals surface area contributed by atoms with Crippen LogP contribution in [0.2, 0.25) is 0 Å². The van der Waals surface area contributed by atoms with Crippen molar-refractivity contribution in [3.8, 4) is 0 Å². The van der Waals surface area contributed by atoms with Crippen LogP contribution in [0.3, 0.4) is 0 Å². The molecule has 1 aromatic heterocycles. The minimum Gasteiger partial charge on any atom is -0.477 e. The summed E-state index contributed by atoms with van der Waals surface area (Å²) in [5.74, 6) is -0.860. The van der Waals surface area contributed by atoms with E-state index in [0.717, 1.165) is 49.7 Å². The van der Waals surface area contributed by atoms with Crippen molar-refractivity contribution >= 4 is 22.4 Å². The highest BCUT2D eigenvalue weighted by Gasteiger charge is 2.19. The summed E-state index contributed by atoms with van der Waals surface area (Å²) in [7, 11) is 4.08. The average molecular weight is 299 g/mol. The topological polar surface area (TPSA) is 56.7 Å². The third-order valence-electron chi connectivity index (χ3n) is 2.95. The number of likely N-dealkylation sites (N-methyl/N-ethyl adjacent to an activating group) is 1. The number of carboxylic acids is 1. The Morgan fingerprint density at radius 3 is 2.40 bits per heavy atom. The molecule has 0 saturated heterocycles. The Balaban J connectivity index is 2.94. The molecule has 0 radical (unpaired) electrons. The van der Waals surface area contributed by atoms with Crippen LogP contribution in [0.4, 0.5) is 5.13 Å². The first-order valence-corrected chi connectivity index (χ1v) is 7.93. The standard InChI is InChI=1S/C14H25N3O2S/c1-5-7-11-12(13(18)19)20-14(15-11)17(8-6-2)10-9-16(3)4/h5-10H2,1-4H3,(H,18,19). The molecule has 1 N–H and O–H groups in total. The zero-order chi connectivity index (χ0) is 15.1. The number of aryl methyl sites for hydroxylation is 1. The van der Waals surface area contributed by atoms with Crippen LogP contribution in [0.5, 0.6) is 0 Å². The summed E-state index contributed by atoms with van der Waals surface area (Å²) in [5, 5.41) is 10.1. The molecule has 0 spiro atoms. The first-order chi connectivity index (χ1) is 9.49. The van der Waals surface area contributed by atoms with Crippen molar-refractivity contribution in [3.63, 3.8) is 0 Å². The first-order valence-electron chi connectivity index (χ1n) is 7.12. The molecule has 0 aliphatic carbocycles. The van der Waals surface area contributed by atoms with Gasteiger partial charge in [-0.05, 0) is 26.9 Å². The fourth-order valence-electron chi connectivity index (χ4n) is 1.94. The normalized spacial score (nSPS) is 11.1. The highest BCUT2D eigenvalue weighted by atomic mass is 32.1. The molecule has 1 heterocycles. The van der Waals surface area contributed by atoms with E-state index in [-0.39, 0.29) is 0 Å². The number of rotatable bonds is 9. The lowest BCUT2D eigenvalue weighted by Crippen LogP contribution is -2.32. The molecule has 0 amide bonds. The fourth-order valence-corrected chi connectivity index (χ4v) is 2.94. The van der Waals surface area contributed by atoms with Gasteiger partial charge in [-0.25, -0.2) is 9.78 Å². The van der Waals surface area contributed by atoms with Gasteiger partial charge in [-0.15, -0.1) is 0 Å². The van der Waals surface area contributed by atoms with Crippen molar-refractivity contribution < 1.29 is 9.90 Å². The second-order valence-electron chi connectivity index (χ2n) is 5.12. The number of hydrogen-bond donors (Lipinski definition) is 1. The van der Waals surface area contributed by atoms with Crippen molar-refractivity contribution in [1.82, 2.24) is 9.88 Å². The molecule has 0 atom stereocenters. The van der Waals surface area contributed by atoms with Gasteiger partial charge in [0.1, 0.15) is 4.88 Å². The molecule has 114 valence electrons. The molecule has 0 aliphatic rings. The van der Waals surface area contributed by atoms with Crippen LogP contribution in [0.15, 0.2) is 0 Å². The van der Waals surface area contributed by atoms with Gasteiger partial charge in [0.2, 0.25) is 0 Å². The van der Waals surface area contributed by atoms with Crippen LogP contribution in [0.25, 0.3) is 0 Å². The highest BCUT2D eigenvalue weighted by Crippen LogP contribution is 2.27. The number of anilines is 1. The molecule has 0 unspecified atom stereocenters. The Bertz CT molecular complexity index is 432. The maximum Gasteiger partial charge on any atom is 0.347 e. The molecule has 1 rings (SSSR count). The summed E-state index contributed by atoms with van der Waals surface area (Å²) >= 11 is 1.30. The lowest BCUT2D eigenvalue weighted by atomic mass is 10.2. The zero-order valence-corrected chi connectivity index (χ0v) is 13.7. The Hall–Kier alpha value is -1.14. The van der Waals surface area contributed by atoms with Crippen LogP contribution in [-0.4, -0.2) is 54.7 Å². The van der Waals surface area contributed by atoms with Crippen molar-refractivity contribution in [2.24, 2.45) is 0 Å². The van der Waals surface area contributed by atoms with E-state index in [1.54, 1.807) is 0 Å². The SMILES string of the molecule is CCCc1nc(N(CCC)CCN(C)C)sc1C(=O)O. The number of hydrogen-bond acceptors (Lipinski definition) is 5. The number of aromatic nitrogens is 1. The van der Waals surface area contributed by atoms with Crippen molar-refractivity contribution in [2.75, 3.05) is 38.6 Å². The van der Waals surface area contributed by atoms with Crippen molar-refractivity contribution in [2.45, 2.75) is 33.1 Å². The molecular formula is C14H25N3O2S. The molecule has 0 aromatic carbocycles. The zero-order valence-electron chi connectivity index (χ0n) is 12.8. The van der Waals surface area contributed by atoms with Gasteiger partial charge in [0, 0.05) is 19.6 Å². The maximum absolute atomic E-state index is 11.3. The number of carbonyl (C=O) groups is 1. The van der Waals surface area contributed by atoms with E-state index < -0.39 is 5.97 Å². The van der Waals surface area contributed by atoms with Gasteiger partial charge < -0.3 is 14.9 Å². The Morgan fingerprint density at radius 1 is 1.20 bits per heavy atom. The summed E-state index contributed by atoms with van der Waals surface area (Å²) in [5.41, 5.74) is 0.728. The minimum atomic E-state index is -0.860. The van der Waals surface area contributed by atoms with E-state index in [2.05, 4.69) is 21.7 Å². The van der Waals surface area contributed by atoms with Gasteiger partial charge in [-0.1, -0.05) is 31.6 Å². The second-order valence-corrected chi connectivity index (χ2v) is 6.10. The molecule has 0 aliphatic heterocycles. The number of thiazole rings is 1. The summed E-state index contributed by atoms with van der Waals surface area (Å²) in [6.45, 7) is 6.89. The van der Waals surface area contributed by atoms with Crippen molar-refractivity contribution in [1.29, 1.82) is 0 Å². The summed E-state index contributed by atoms with van der Waals surface area (Å²) in [6, 6.07) is 0. The van der Waals surface area contributed by atoms with E-state index in [1.165, 1.54) is 11.3 Å².